The second kappa shape index (κ2) is 9.97. The Balaban J connectivity index is 2.72. The number of aliphatic hydroxyl groups is 1. The van der Waals surface area contributed by atoms with Gasteiger partial charge in [0.1, 0.15) is 12.4 Å². The molecule has 1 aromatic carbocycles. The first-order chi connectivity index (χ1) is 13.8. The highest BCUT2D eigenvalue weighted by Crippen LogP contribution is 2.42. The van der Waals surface area contributed by atoms with E-state index in [-0.39, 0.29) is 30.7 Å². The van der Waals surface area contributed by atoms with E-state index in [1.165, 1.54) is 7.11 Å². The van der Waals surface area contributed by atoms with E-state index in [0.29, 0.717) is 17.1 Å². The largest absolute Gasteiger partial charge is 0.502 e. The number of methoxy groups -OCH3 is 1. The van der Waals surface area contributed by atoms with Crippen molar-refractivity contribution in [3.8, 4) is 17.2 Å². The molecular weight excluding hydrogens is 380 g/mol. The molecule has 29 heavy (non-hydrogen) atoms. The molecule has 0 radical (unpaired) electrons. The number of aromatic hydroxyl groups is 1. The number of hydrogen-bond donors (Lipinski definition) is 2. The minimum absolute atomic E-state index is 0.0362. The Bertz CT molecular complexity index is 900. The second-order valence-electron chi connectivity index (χ2n) is 6.55. The molecule has 1 aromatic heterocycles. The van der Waals surface area contributed by atoms with Gasteiger partial charge in [0.2, 0.25) is 11.2 Å². The molecule has 0 amide bonds. The number of ether oxygens (including phenoxy) is 3. The lowest BCUT2D eigenvalue weighted by Crippen LogP contribution is -2.17. The minimum Gasteiger partial charge on any atom is -0.502 e. The van der Waals surface area contributed by atoms with E-state index in [1.54, 1.807) is 25.1 Å². The SMILES string of the molecule is CCOC(=O)C[C@@H](c1cccc(OC)c1OC(C)C)c1oc(CO)cc(=O)c1O. The van der Waals surface area contributed by atoms with Gasteiger partial charge in [-0.3, -0.25) is 9.59 Å². The molecule has 2 rings (SSSR count). The van der Waals surface area contributed by atoms with Gasteiger partial charge in [-0.05, 0) is 26.8 Å². The summed E-state index contributed by atoms with van der Waals surface area (Å²) in [5, 5.41) is 19.8. The summed E-state index contributed by atoms with van der Waals surface area (Å²) in [7, 11) is 1.48. The summed E-state index contributed by atoms with van der Waals surface area (Å²) in [6.45, 7) is 4.98. The molecule has 2 N–H and O–H groups in total. The van der Waals surface area contributed by atoms with Crippen molar-refractivity contribution in [1.29, 1.82) is 0 Å². The number of carbonyl (C=O) groups excluding carboxylic acids is 1. The van der Waals surface area contributed by atoms with Gasteiger partial charge in [0.25, 0.3) is 0 Å². The van der Waals surface area contributed by atoms with E-state index in [0.717, 1.165) is 6.07 Å². The van der Waals surface area contributed by atoms with Crippen LogP contribution in [0.1, 0.15) is 50.2 Å². The van der Waals surface area contributed by atoms with Crippen LogP contribution in [-0.4, -0.2) is 36.0 Å². The summed E-state index contributed by atoms with van der Waals surface area (Å²) in [6.07, 6.45) is -0.432. The fourth-order valence-electron chi connectivity index (χ4n) is 2.93. The molecule has 2 aromatic rings. The highest BCUT2D eigenvalue weighted by molar-refractivity contribution is 5.72. The Labute approximate surface area is 168 Å². The fraction of sp³-hybridized carbons (Fsp3) is 0.429. The Hall–Kier alpha value is -3.00. The number of esters is 1. The van der Waals surface area contributed by atoms with Crippen LogP contribution in [0, 0.1) is 0 Å². The monoisotopic (exact) mass is 406 g/mol. The minimum atomic E-state index is -0.905. The molecule has 8 nitrogen and oxygen atoms in total. The van der Waals surface area contributed by atoms with Crippen LogP contribution < -0.4 is 14.9 Å². The number of carbonyl (C=O) groups is 1. The third-order valence-electron chi connectivity index (χ3n) is 4.11. The van der Waals surface area contributed by atoms with Gasteiger partial charge in [-0.25, -0.2) is 0 Å². The molecule has 1 heterocycles. The summed E-state index contributed by atoms with van der Waals surface area (Å²) in [4.78, 5) is 24.5. The van der Waals surface area contributed by atoms with E-state index < -0.39 is 29.7 Å². The first-order valence-electron chi connectivity index (χ1n) is 9.28. The molecule has 1 atom stereocenters. The standard InChI is InChI=1S/C21H26O8/c1-5-27-18(24)10-15(21-19(25)16(23)9-13(11-22)29-21)14-7-6-8-17(26-4)20(14)28-12(2)3/h6-9,12,15,22,25H,5,10-11H2,1-4H3/t15-/m0/s1. The van der Waals surface area contributed by atoms with Crippen molar-refractivity contribution in [2.75, 3.05) is 13.7 Å². The Kier molecular flexibility index (Phi) is 7.67. The molecule has 0 spiro atoms. The summed E-state index contributed by atoms with van der Waals surface area (Å²) >= 11 is 0. The lowest BCUT2D eigenvalue weighted by atomic mass is 9.91. The third kappa shape index (κ3) is 5.29. The van der Waals surface area contributed by atoms with Crippen molar-refractivity contribution in [2.24, 2.45) is 0 Å². The van der Waals surface area contributed by atoms with Gasteiger partial charge in [0.15, 0.2) is 17.3 Å². The van der Waals surface area contributed by atoms with Crippen LogP contribution in [0.4, 0.5) is 0 Å². The first kappa shape index (κ1) is 22.3. The number of rotatable bonds is 9. The average Bonchev–Trinajstić information content (AvgIpc) is 2.68. The molecule has 0 saturated heterocycles. The smallest absolute Gasteiger partial charge is 0.306 e. The molecule has 0 saturated carbocycles. The normalized spacial score (nSPS) is 11.9. The number of hydrogen-bond acceptors (Lipinski definition) is 8. The van der Waals surface area contributed by atoms with Gasteiger partial charge in [0.05, 0.1) is 32.2 Å². The molecule has 0 aliphatic rings. The van der Waals surface area contributed by atoms with Gasteiger partial charge in [-0.2, -0.15) is 0 Å². The summed E-state index contributed by atoms with van der Waals surface area (Å²) in [5.41, 5.74) is -0.252. The molecule has 0 aliphatic carbocycles. The van der Waals surface area contributed by atoms with Crippen LogP contribution in [0.2, 0.25) is 0 Å². The van der Waals surface area contributed by atoms with E-state index in [9.17, 15) is 19.8 Å². The summed E-state index contributed by atoms with van der Waals surface area (Å²) in [6, 6.07) is 6.08. The maximum absolute atomic E-state index is 12.3. The molecule has 0 aliphatic heterocycles. The number of para-hydroxylation sites is 1. The van der Waals surface area contributed by atoms with Crippen LogP contribution >= 0.6 is 0 Å². The topological polar surface area (TPSA) is 115 Å². The highest BCUT2D eigenvalue weighted by Gasteiger charge is 2.30. The lowest BCUT2D eigenvalue weighted by molar-refractivity contribution is -0.143. The molecule has 0 unspecified atom stereocenters. The van der Waals surface area contributed by atoms with Crippen molar-refractivity contribution in [2.45, 2.75) is 45.8 Å². The van der Waals surface area contributed by atoms with Gasteiger partial charge in [0, 0.05) is 11.6 Å². The molecule has 158 valence electrons. The van der Waals surface area contributed by atoms with Crippen molar-refractivity contribution < 1.29 is 33.6 Å². The average molecular weight is 406 g/mol. The summed E-state index contributed by atoms with van der Waals surface area (Å²) in [5.74, 6) is -1.51. The zero-order valence-corrected chi connectivity index (χ0v) is 16.9. The molecule has 0 fully saturated rings. The zero-order valence-electron chi connectivity index (χ0n) is 16.9. The lowest BCUT2D eigenvalue weighted by Gasteiger charge is -2.23. The third-order valence-corrected chi connectivity index (χ3v) is 4.11. The molecular formula is C21H26O8. The summed E-state index contributed by atoms with van der Waals surface area (Å²) < 4.78 is 21.9. The van der Waals surface area contributed by atoms with Crippen molar-refractivity contribution >= 4 is 5.97 Å². The maximum atomic E-state index is 12.3. The van der Waals surface area contributed by atoms with Crippen LogP contribution in [0.5, 0.6) is 17.2 Å². The first-order valence-corrected chi connectivity index (χ1v) is 9.28. The van der Waals surface area contributed by atoms with Crippen LogP contribution in [0.25, 0.3) is 0 Å². The highest BCUT2D eigenvalue weighted by atomic mass is 16.5. The quantitative estimate of drug-likeness (QED) is 0.611. The predicted octanol–water partition coefficient (Wildman–Crippen LogP) is 2.72. The van der Waals surface area contributed by atoms with E-state index in [1.807, 2.05) is 13.8 Å². The number of benzene rings is 1. The van der Waals surface area contributed by atoms with Gasteiger partial charge < -0.3 is 28.8 Å². The van der Waals surface area contributed by atoms with Crippen LogP contribution in [0.15, 0.2) is 33.5 Å². The second-order valence-corrected chi connectivity index (χ2v) is 6.55. The van der Waals surface area contributed by atoms with E-state index >= 15 is 0 Å². The van der Waals surface area contributed by atoms with Gasteiger partial charge >= 0.3 is 5.97 Å². The van der Waals surface area contributed by atoms with Crippen molar-refractivity contribution in [3.05, 3.63) is 51.6 Å². The Morgan fingerprint density at radius 1 is 1.28 bits per heavy atom. The Morgan fingerprint density at radius 3 is 2.59 bits per heavy atom. The van der Waals surface area contributed by atoms with E-state index in [4.69, 9.17) is 18.6 Å². The van der Waals surface area contributed by atoms with Crippen molar-refractivity contribution in [3.63, 3.8) is 0 Å². The number of aliphatic hydroxyl groups excluding tert-OH is 1. The molecule has 8 heteroatoms. The van der Waals surface area contributed by atoms with Crippen LogP contribution in [0.3, 0.4) is 0 Å². The zero-order chi connectivity index (χ0) is 21.6. The van der Waals surface area contributed by atoms with E-state index in [2.05, 4.69) is 0 Å². The maximum Gasteiger partial charge on any atom is 0.306 e. The van der Waals surface area contributed by atoms with Crippen molar-refractivity contribution in [1.82, 2.24) is 0 Å². The molecule has 0 bridgehead atoms. The van der Waals surface area contributed by atoms with Gasteiger partial charge in [-0.15, -0.1) is 0 Å². The Morgan fingerprint density at radius 2 is 2.00 bits per heavy atom. The predicted molar refractivity (Wildman–Crippen MR) is 104 cm³/mol. The fourth-order valence-corrected chi connectivity index (χ4v) is 2.93. The van der Waals surface area contributed by atoms with Crippen LogP contribution in [-0.2, 0) is 16.1 Å². The van der Waals surface area contributed by atoms with Gasteiger partial charge in [-0.1, -0.05) is 12.1 Å².